The van der Waals surface area contributed by atoms with Gasteiger partial charge in [-0.15, -0.1) is 16.4 Å². The van der Waals surface area contributed by atoms with Crippen molar-refractivity contribution < 1.29 is 0 Å². The number of rotatable bonds is 4. The first kappa shape index (κ1) is 12.2. The third-order valence-corrected chi connectivity index (χ3v) is 5.41. The molecule has 0 saturated heterocycles. The Hall–Kier alpha value is -1.54. The Balaban J connectivity index is 1.64. The monoisotopic (exact) mass is 304 g/mol. The molecule has 3 aromatic heterocycles. The summed E-state index contributed by atoms with van der Waals surface area (Å²) >= 11 is 3.36. The number of nitrogens with zero attached hydrogens (tertiary/aromatic N) is 6. The van der Waals surface area contributed by atoms with E-state index in [1.54, 1.807) is 29.4 Å². The standard InChI is InChI=1S/C12H12N6S2/c1-7(11-15-16-17-18(11)8-2-3-8)20-12-10-9(4-5-19-10)13-6-14-12/h4-8H,2-3H2,1H3/t7-/m1/s1. The van der Waals surface area contributed by atoms with E-state index in [2.05, 4.69) is 32.4 Å². The van der Waals surface area contributed by atoms with E-state index in [1.807, 2.05) is 16.1 Å². The van der Waals surface area contributed by atoms with Gasteiger partial charge in [0, 0.05) is 0 Å². The Morgan fingerprint density at radius 3 is 3.15 bits per heavy atom. The van der Waals surface area contributed by atoms with Crippen LogP contribution in [-0.4, -0.2) is 30.2 Å². The van der Waals surface area contributed by atoms with Crippen molar-refractivity contribution >= 4 is 33.3 Å². The van der Waals surface area contributed by atoms with Crippen molar-refractivity contribution in [2.45, 2.75) is 36.1 Å². The highest BCUT2D eigenvalue weighted by molar-refractivity contribution is 7.99. The first-order valence-corrected chi connectivity index (χ1v) is 8.21. The van der Waals surface area contributed by atoms with Gasteiger partial charge in [-0.2, -0.15) is 0 Å². The van der Waals surface area contributed by atoms with Gasteiger partial charge in [-0.05, 0) is 41.6 Å². The van der Waals surface area contributed by atoms with Crippen molar-refractivity contribution in [2.24, 2.45) is 0 Å². The molecule has 0 N–H and O–H groups in total. The molecule has 1 fully saturated rings. The second-order valence-electron chi connectivity index (χ2n) is 4.79. The summed E-state index contributed by atoms with van der Waals surface area (Å²) in [5.41, 5.74) is 1.00. The second-order valence-corrected chi connectivity index (χ2v) is 7.03. The van der Waals surface area contributed by atoms with Gasteiger partial charge in [0.25, 0.3) is 0 Å². The first-order valence-electron chi connectivity index (χ1n) is 6.45. The van der Waals surface area contributed by atoms with E-state index in [0.29, 0.717) is 6.04 Å². The molecule has 0 aromatic carbocycles. The Bertz CT molecular complexity index is 747. The van der Waals surface area contributed by atoms with Gasteiger partial charge in [-0.25, -0.2) is 14.6 Å². The van der Waals surface area contributed by atoms with E-state index >= 15 is 0 Å². The fraction of sp³-hybridized carbons (Fsp3) is 0.417. The van der Waals surface area contributed by atoms with E-state index in [9.17, 15) is 0 Å². The molecule has 0 bridgehead atoms. The van der Waals surface area contributed by atoms with Crippen LogP contribution < -0.4 is 0 Å². The minimum absolute atomic E-state index is 0.172. The molecule has 1 saturated carbocycles. The van der Waals surface area contributed by atoms with Crippen LogP contribution in [0.2, 0.25) is 0 Å². The number of hydrogen-bond donors (Lipinski definition) is 0. The topological polar surface area (TPSA) is 69.4 Å². The van der Waals surface area contributed by atoms with Gasteiger partial charge in [0.05, 0.1) is 21.5 Å². The van der Waals surface area contributed by atoms with E-state index in [-0.39, 0.29) is 5.25 Å². The van der Waals surface area contributed by atoms with Crippen molar-refractivity contribution in [3.8, 4) is 0 Å². The lowest BCUT2D eigenvalue weighted by atomic mass is 10.4. The average Bonchev–Trinajstić information content (AvgIpc) is 3.00. The molecule has 8 heteroatoms. The molecule has 1 aliphatic carbocycles. The molecule has 0 spiro atoms. The number of fused-ring (bicyclic) bond motifs is 1. The molecule has 0 amide bonds. The fourth-order valence-electron chi connectivity index (χ4n) is 2.12. The highest BCUT2D eigenvalue weighted by atomic mass is 32.2. The lowest BCUT2D eigenvalue weighted by Crippen LogP contribution is -2.05. The van der Waals surface area contributed by atoms with Crippen LogP contribution in [0.15, 0.2) is 22.8 Å². The number of aromatic nitrogens is 6. The second kappa shape index (κ2) is 4.78. The average molecular weight is 304 g/mol. The number of thioether (sulfide) groups is 1. The maximum Gasteiger partial charge on any atom is 0.164 e. The SMILES string of the molecule is C[C@@H](Sc1ncnc2ccsc12)c1nnnn1C1CC1. The maximum atomic E-state index is 4.40. The normalized spacial score (nSPS) is 16.6. The predicted molar refractivity (Wildman–Crippen MR) is 77.8 cm³/mol. The highest BCUT2D eigenvalue weighted by Crippen LogP contribution is 2.41. The summed E-state index contributed by atoms with van der Waals surface area (Å²) in [5, 5.41) is 15.3. The Labute approximate surface area is 123 Å². The minimum atomic E-state index is 0.172. The van der Waals surface area contributed by atoms with Crippen molar-refractivity contribution in [3.63, 3.8) is 0 Å². The predicted octanol–water partition coefficient (Wildman–Crippen LogP) is 2.87. The summed E-state index contributed by atoms with van der Waals surface area (Å²) in [6.07, 6.45) is 3.98. The quantitative estimate of drug-likeness (QED) is 0.545. The van der Waals surface area contributed by atoms with Crippen LogP contribution in [0.25, 0.3) is 10.2 Å². The van der Waals surface area contributed by atoms with Gasteiger partial charge in [-0.1, -0.05) is 11.8 Å². The molecular weight excluding hydrogens is 292 g/mol. The summed E-state index contributed by atoms with van der Waals surface area (Å²) in [7, 11) is 0. The van der Waals surface area contributed by atoms with Crippen molar-refractivity contribution in [1.82, 2.24) is 30.2 Å². The van der Waals surface area contributed by atoms with Crippen molar-refractivity contribution in [3.05, 3.63) is 23.6 Å². The van der Waals surface area contributed by atoms with Crippen LogP contribution >= 0.6 is 23.1 Å². The molecule has 1 aliphatic rings. The van der Waals surface area contributed by atoms with Crippen LogP contribution in [0, 0.1) is 0 Å². The molecular formula is C12H12N6S2. The Morgan fingerprint density at radius 1 is 1.40 bits per heavy atom. The third-order valence-electron chi connectivity index (χ3n) is 3.27. The molecule has 0 unspecified atom stereocenters. The van der Waals surface area contributed by atoms with E-state index in [4.69, 9.17) is 0 Å². The van der Waals surface area contributed by atoms with Gasteiger partial charge in [-0.3, -0.25) is 0 Å². The van der Waals surface area contributed by atoms with Gasteiger partial charge >= 0.3 is 0 Å². The number of thiophene rings is 1. The van der Waals surface area contributed by atoms with Gasteiger partial charge in [0.1, 0.15) is 11.4 Å². The van der Waals surface area contributed by atoms with E-state index in [0.717, 1.165) is 21.1 Å². The molecule has 6 nitrogen and oxygen atoms in total. The zero-order valence-electron chi connectivity index (χ0n) is 10.8. The van der Waals surface area contributed by atoms with Crippen LogP contribution in [0.1, 0.15) is 36.9 Å². The van der Waals surface area contributed by atoms with Crippen LogP contribution in [-0.2, 0) is 0 Å². The lowest BCUT2D eigenvalue weighted by Gasteiger charge is -2.10. The number of hydrogen-bond acceptors (Lipinski definition) is 7. The summed E-state index contributed by atoms with van der Waals surface area (Å²) in [4.78, 5) is 8.67. The smallest absolute Gasteiger partial charge is 0.164 e. The van der Waals surface area contributed by atoms with Crippen LogP contribution in [0.5, 0.6) is 0 Å². The first-order chi connectivity index (χ1) is 9.83. The van der Waals surface area contributed by atoms with Crippen molar-refractivity contribution in [2.75, 3.05) is 0 Å². The van der Waals surface area contributed by atoms with Crippen LogP contribution in [0.3, 0.4) is 0 Å². The zero-order chi connectivity index (χ0) is 13.5. The molecule has 0 aliphatic heterocycles. The molecule has 4 rings (SSSR count). The Kier molecular flexibility index (Phi) is 2.92. The molecule has 0 radical (unpaired) electrons. The van der Waals surface area contributed by atoms with Gasteiger partial charge in [0.15, 0.2) is 5.82 Å². The molecule has 3 heterocycles. The minimum Gasteiger partial charge on any atom is -0.235 e. The summed E-state index contributed by atoms with van der Waals surface area (Å²) < 4.78 is 3.10. The highest BCUT2D eigenvalue weighted by Gasteiger charge is 2.30. The summed E-state index contributed by atoms with van der Waals surface area (Å²) in [6.45, 7) is 2.12. The van der Waals surface area contributed by atoms with Gasteiger partial charge in [0.2, 0.25) is 0 Å². The molecule has 20 heavy (non-hydrogen) atoms. The molecule has 102 valence electrons. The van der Waals surface area contributed by atoms with E-state index in [1.165, 1.54) is 12.8 Å². The third kappa shape index (κ3) is 2.08. The molecule has 1 atom stereocenters. The Morgan fingerprint density at radius 2 is 2.30 bits per heavy atom. The zero-order valence-corrected chi connectivity index (χ0v) is 12.4. The molecule has 3 aromatic rings. The van der Waals surface area contributed by atoms with Crippen molar-refractivity contribution in [1.29, 1.82) is 0 Å². The van der Waals surface area contributed by atoms with Gasteiger partial charge < -0.3 is 0 Å². The lowest BCUT2D eigenvalue weighted by molar-refractivity contribution is 0.583. The summed E-state index contributed by atoms with van der Waals surface area (Å²) in [6, 6.07) is 2.51. The van der Waals surface area contributed by atoms with E-state index < -0.39 is 0 Å². The number of tetrazole rings is 1. The van der Waals surface area contributed by atoms with Crippen LogP contribution in [0.4, 0.5) is 0 Å². The fourth-order valence-corrected chi connectivity index (χ4v) is 4.05. The summed E-state index contributed by atoms with van der Waals surface area (Å²) in [5.74, 6) is 0.931. The largest absolute Gasteiger partial charge is 0.235 e. The maximum absolute atomic E-state index is 4.40.